The summed E-state index contributed by atoms with van der Waals surface area (Å²) in [5, 5.41) is 9.71. The number of nitriles is 1. The van der Waals surface area contributed by atoms with Gasteiger partial charge in [-0.1, -0.05) is 36.4 Å². The lowest BCUT2D eigenvalue weighted by molar-refractivity contribution is -0.142. The van der Waals surface area contributed by atoms with Crippen LogP contribution in [0.5, 0.6) is 0 Å². The van der Waals surface area contributed by atoms with E-state index in [0.29, 0.717) is 42.7 Å². The van der Waals surface area contributed by atoms with E-state index in [0.717, 1.165) is 6.54 Å². The maximum Gasteiger partial charge on any atom is 0.389 e. The van der Waals surface area contributed by atoms with E-state index < -0.39 is 36.8 Å². The second-order valence-corrected chi connectivity index (χ2v) is 8.70. The van der Waals surface area contributed by atoms with Gasteiger partial charge >= 0.3 is 6.18 Å². The first kappa shape index (κ1) is 23.0. The molecule has 0 atom stereocenters. The van der Waals surface area contributed by atoms with Crippen molar-refractivity contribution in [2.24, 2.45) is 0 Å². The molecule has 0 radical (unpaired) electrons. The number of benzene rings is 2. The Labute approximate surface area is 190 Å². The highest BCUT2D eigenvalue weighted by molar-refractivity contribution is 6.11. The molecule has 5 nitrogen and oxygen atoms in total. The van der Waals surface area contributed by atoms with Crippen LogP contribution in [0.2, 0.25) is 0 Å². The lowest BCUT2D eigenvalue weighted by atomic mass is 9.72. The Morgan fingerprint density at radius 2 is 1.76 bits per heavy atom. The quantitative estimate of drug-likeness (QED) is 0.650. The predicted octanol–water partition coefficient (Wildman–Crippen LogP) is 4.35. The van der Waals surface area contributed by atoms with E-state index in [9.17, 15) is 28.0 Å². The van der Waals surface area contributed by atoms with Gasteiger partial charge in [-0.25, -0.2) is 0 Å². The van der Waals surface area contributed by atoms with Crippen molar-refractivity contribution in [1.29, 1.82) is 5.26 Å². The summed E-state index contributed by atoms with van der Waals surface area (Å²) in [6.45, 7) is 1.61. The van der Waals surface area contributed by atoms with Crippen LogP contribution in [0.25, 0.3) is 0 Å². The third-order valence-electron chi connectivity index (χ3n) is 6.57. The van der Waals surface area contributed by atoms with Gasteiger partial charge in [0.15, 0.2) is 5.78 Å². The van der Waals surface area contributed by atoms with Crippen LogP contribution in [0, 0.1) is 11.3 Å². The van der Waals surface area contributed by atoms with E-state index in [-0.39, 0.29) is 5.91 Å². The van der Waals surface area contributed by atoms with E-state index in [1.54, 1.807) is 18.2 Å². The lowest BCUT2D eigenvalue weighted by Gasteiger charge is -2.38. The molecule has 0 N–H and O–H groups in total. The topological polar surface area (TPSA) is 64.4 Å². The number of piperidine rings is 1. The molecule has 1 fully saturated rings. The molecule has 1 saturated heterocycles. The summed E-state index contributed by atoms with van der Waals surface area (Å²) in [6.07, 6.45) is -5.34. The summed E-state index contributed by atoms with van der Waals surface area (Å²) < 4.78 is 37.6. The van der Waals surface area contributed by atoms with Gasteiger partial charge in [0, 0.05) is 24.2 Å². The minimum absolute atomic E-state index is 0.292. The molecule has 0 aliphatic carbocycles. The summed E-state index contributed by atoms with van der Waals surface area (Å²) in [5.41, 5.74) is 1.69. The lowest BCUT2D eigenvalue weighted by Crippen LogP contribution is -2.49. The first-order chi connectivity index (χ1) is 15.7. The van der Waals surface area contributed by atoms with Gasteiger partial charge in [0.05, 0.1) is 30.0 Å². The van der Waals surface area contributed by atoms with Crippen molar-refractivity contribution < 1.29 is 22.8 Å². The number of carbonyl (C=O) groups is 2. The highest BCUT2D eigenvalue weighted by Gasteiger charge is 2.53. The molecule has 1 spiro atoms. The SMILES string of the molecule is N#Cc1cccc2c1C1(CCN(Cc3ccccc3)CC1)C(=O)N2CC(=O)CCC(F)(F)F. The fourth-order valence-electron chi connectivity index (χ4n) is 4.93. The molecule has 1 amide bonds. The molecule has 33 heavy (non-hydrogen) atoms. The number of nitrogens with zero attached hydrogens (tertiary/aromatic N) is 3. The Morgan fingerprint density at radius 3 is 2.39 bits per heavy atom. The number of anilines is 1. The van der Waals surface area contributed by atoms with E-state index >= 15 is 0 Å². The molecule has 172 valence electrons. The van der Waals surface area contributed by atoms with Crippen molar-refractivity contribution in [3.05, 3.63) is 65.2 Å². The monoisotopic (exact) mass is 455 g/mol. The van der Waals surface area contributed by atoms with Crippen molar-refractivity contribution >= 4 is 17.4 Å². The molecule has 2 aliphatic heterocycles. The van der Waals surface area contributed by atoms with E-state index in [1.807, 2.05) is 30.3 Å². The Hall–Kier alpha value is -3.18. The minimum atomic E-state index is -4.43. The summed E-state index contributed by atoms with van der Waals surface area (Å²) in [4.78, 5) is 29.5. The number of ketones is 1. The number of carbonyl (C=O) groups excluding carboxylic acids is 2. The fourth-order valence-corrected chi connectivity index (χ4v) is 4.93. The van der Waals surface area contributed by atoms with Crippen molar-refractivity contribution in [1.82, 2.24) is 4.90 Å². The average Bonchev–Trinajstić information content (AvgIpc) is 3.02. The van der Waals surface area contributed by atoms with Gasteiger partial charge in [0.1, 0.15) is 0 Å². The molecule has 2 aromatic rings. The van der Waals surface area contributed by atoms with E-state index in [1.165, 1.54) is 10.5 Å². The van der Waals surface area contributed by atoms with Gasteiger partial charge in [-0.15, -0.1) is 0 Å². The van der Waals surface area contributed by atoms with Gasteiger partial charge < -0.3 is 4.90 Å². The first-order valence-electron chi connectivity index (χ1n) is 10.9. The molecule has 0 aromatic heterocycles. The number of rotatable bonds is 6. The summed E-state index contributed by atoms with van der Waals surface area (Å²) in [6, 6.07) is 17.1. The fraction of sp³-hybridized carbons (Fsp3) is 0.400. The van der Waals surface area contributed by atoms with Crippen LogP contribution in [0.1, 0.15) is 42.4 Å². The predicted molar refractivity (Wildman–Crippen MR) is 116 cm³/mol. The van der Waals surface area contributed by atoms with Gasteiger partial charge in [-0.3, -0.25) is 14.5 Å². The number of hydrogen-bond donors (Lipinski definition) is 0. The number of Topliss-reactive ketones (excluding diaryl/α,β-unsaturated/α-hetero) is 1. The summed E-state index contributed by atoms with van der Waals surface area (Å²) in [5.74, 6) is -0.938. The van der Waals surface area contributed by atoms with Crippen molar-refractivity contribution in [3.63, 3.8) is 0 Å². The van der Waals surface area contributed by atoms with Gasteiger partial charge in [-0.05, 0) is 43.6 Å². The van der Waals surface area contributed by atoms with Crippen LogP contribution >= 0.6 is 0 Å². The average molecular weight is 455 g/mol. The van der Waals surface area contributed by atoms with Gasteiger partial charge in [0.2, 0.25) is 5.91 Å². The molecule has 2 aromatic carbocycles. The van der Waals surface area contributed by atoms with Crippen molar-refractivity contribution in [3.8, 4) is 6.07 Å². The second kappa shape index (κ2) is 8.99. The Morgan fingerprint density at radius 1 is 1.06 bits per heavy atom. The Kier molecular flexibility index (Phi) is 6.26. The van der Waals surface area contributed by atoms with E-state index in [4.69, 9.17) is 0 Å². The van der Waals surface area contributed by atoms with Gasteiger partial charge in [0.25, 0.3) is 0 Å². The van der Waals surface area contributed by atoms with Crippen LogP contribution in [-0.4, -0.2) is 42.4 Å². The summed E-state index contributed by atoms with van der Waals surface area (Å²) >= 11 is 0. The van der Waals surface area contributed by atoms with Crippen LogP contribution in [-0.2, 0) is 21.5 Å². The summed E-state index contributed by atoms with van der Waals surface area (Å²) in [7, 11) is 0. The smallest absolute Gasteiger partial charge is 0.304 e. The van der Waals surface area contributed by atoms with Crippen LogP contribution in [0.4, 0.5) is 18.9 Å². The van der Waals surface area contributed by atoms with Crippen molar-refractivity contribution in [2.75, 3.05) is 24.5 Å². The third kappa shape index (κ3) is 4.64. The van der Waals surface area contributed by atoms with Crippen LogP contribution in [0.3, 0.4) is 0 Å². The van der Waals surface area contributed by atoms with Crippen LogP contribution < -0.4 is 4.90 Å². The van der Waals surface area contributed by atoms with Gasteiger partial charge in [-0.2, -0.15) is 18.4 Å². The largest absolute Gasteiger partial charge is 0.389 e. The third-order valence-corrected chi connectivity index (χ3v) is 6.57. The normalized spacial score (nSPS) is 17.8. The molecule has 2 heterocycles. The zero-order valence-electron chi connectivity index (χ0n) is 18.1. The zero-order chi connectivity index (χ0) is 23.6. The standard InChI is InChI=1S/C25H24F3N3O2/c26-25(27,28)10-9-20(32)17-31-21-8-4-7-19(15-29)22(21)24(23(31)33)11-13-30(14-12-24)16-18-5-2-1-3-6-18/h1-8H,9-14,16-17H2. The Bertz CT molecular complexity index is 1080. The first-order valence-corrected chi connectivity index (χ1v) is 10.9. The number of fused-ring (bicyclic) bond motifs is 2. The molecular weight excluding hydrogens is 431 g/mol. The van der Waals surface area contributed by atoms with E-state index in [2.05, 4.69) is 11.0 Å². The molecular formula is C25H24F3N3O2. The molecule has 0 unspecified atom stereocenters. The minimum Gasteiger partial charge on any atom is -0.304 e. The molecule has 8 heteroatoms. The molecule has 0 saturated carbocycles. The second-order valence-electron chi connectivity index (χ2n) is 8.70. The number of hydrogen-bond acceptors (Lipinski definition) is 4. The molecule has 2 aliphatic rings. The number of likely N-dealkylation sites (tertiary alicyclic amines) is 1. The maximum atomic E-state index is 13.6. The number of halogens is 3. The number of amides is 1. The highest BCUT2D eigenvalue weighted by Crippen LogP contribution is 2.49. The maximum absolute atomic E-state index is 13.6. The number of alkyl halides is 3. The molecule has 4 rings (SSSR count). The van der Waals surface area contributed by atoms with Crippen LogP contribution in [0.15, 0.2) is 48.5 Å². The zero-order valence-corrected chi connectivity index (χ0v) is 18.1. The highest BCUT2D eigenvalue weighted by atomic mass is 19.4. The molecule has 0 bridgehead atoms. The van der Waals surface area contributed by atoms with Crippen molar-refractivity contribution in [2.45, 2.75) is 43.8 Å². The Balaban J connectivity index is 1.56.